The third-order valence-corrected chi connectivity index (χ3v) is 3.48. The van der Waals surface area contributed by atoms with Crippen molar-refractivity contribution < 1.29 is 0 Å². The molecule has 0 spiro atoms. The Morgan fingerprint density at radius 1 is 0.600 bits per heavy atom. The highest BCUT2D eigenvalue weighted by Crippen LogP contribution is 2.20. The normalized spacial score (nSPS) is 10.6. The molecule has 0 saturated carbocycles. The van der Waals surface area contributed by atoms with Crippen molar-refractivity contribution in [3.05, 3.63) is 47.5 Å². The molecule has 0 aromatic heterocycles. The Morgan fingerprint density at radius 3 is 1.35 bits per heavy atom. The van der Waals surface area contributed by atoms with E-state index in [1.807, 2.05) is 36.4 Å². The molecule has 0 unspecified atom stereocenters. The summed E-state index contributed by atoms with van der Waals surface area (Å²) < 4.78 is 0. The number of nitrogens with two attached hydrogens (primary N) is 4. The Labute approximate surface area is 119 Å². The molecule has 2 rings (SSSR count). The average Bonchev–Trinajstić information content (AvgIpc) is 2.39. The maximum atomic E-state index is 5.94. The summed E-state index contributed by atoms with van der Waals surface area (Å²) in [4.78, 5) is 0. The first-order valence-corrected chi connectivity index (χ1v) is 6.84. The Morgan fingerprint density at radius 2 is 1.00 bits per heavy atom. The van der Waals surface area contributed by atoms with Gasteiger partial charge in [0.25, 0.3) is 0 Å². The first-order chi connectivity index (χ1) is 9.56. The van der Waals surface area contributed by atoms with Gasteiger partial charge in [0.2, 0.25) is 0 Å². The molecule has 0 atom stereocenters. The second-order valence-corrected chi connectivity index (χ2v) is 5.12. The SMILES string of the molecule is Nc1ccc(CCCCc2ccc(N)cc2N)c(N)c1. The number of benzene rings is 2. The van der Waals surface area contributed by atoms with E-state index in [4.69, 9.17) is 22.9 Å². The van der Waals surface area contributed by atoms with Crippen LogP contribution in [0.1, 0.15) is 24.0 Å². The van der Waals surface area contributed by atoms with Gasteiger partial charge in [-0.05, 0) is 61.1 Å². The Kier molecular flexibility index (Phi) is 4.35. The van der Waals surface area contributed by atoms with Crippen molar-refractivity contribution in [3.8, 4) is 0 Å². The van der Waals surface area contributed by atoms with Crippen LogP contribution in [-0.4, -0.2) is 0 Å². The summed E-state index contributed by atoms with van der Waals surface area (Å²) in [7, 11) is 0. The minimum atomic E-state index is 0.709. The Hall–Kier alpha value is -2.36. The summed E-state index contributed by atoms with van der Waals surface area (Å²) in [6.07, 6.45) is 4.05. The van der Waals surface area contributed by atoms with E-state index in [1.165, 1.54) is 0 Å². The molecule has 2 aromatic rings. The van der Waals surface area contributed by atoms with Crippen molar-refractivity contribution in [1.29, 1.82) is 0 Å². The second kappa shape index (κ2) is 6.19. The second-order valence-electron chi connectivity index (χ2n) is 5.12. The van der Waals surface area contributed by atoms with Crippen LogP contribution in [-0.2, 0) is 12.8 Å². The molecule has 0 saturated heterocycles. The molecule has 0 aliphatic carbocycles. The third kappa shape index (κ3) is 3.57. The van der Waals surface area contributed by atoms with Gasteiger partial charge < -0.3 is 22.9 Å². The molecule has 0 bridgehead atoms. The van der Waals surface area contributed by atoms with Crippen LogP contribution < -0.4 is 22.9 Å². The van der Waals surface area contributed by atoms with Crippen LogP contribution in [0.2, 0.25) is 0 Å². The van der Waals surface area contributed by atoms with Gasteiger partial charge in [0.05, 0.1) is 0 Å². The standard InChI is InChI=1S/C16H22N4/c17-13-7-5-11(15(19)9-13)3-1-2-4-12-6-8-14(18)10-16(12)20/h5-10H,1-4,17-20H2. The zero-order valence-electron chi connectivity index (χ0n) is 11.6. The molecular formula is C16H22N4. The van der Waals surface area contributed by atoms with Crippen LogP contribution in [0.25, 0.3) is 0 Å². The van der Waals surface area contributed by atoms with Gasteiger partial charge in [-0.2, -0.15) is 0 Å². The van der Waals surface area contributed by atoms with E-state index < -0.39 is 0 Å². The van der Waals surface area contributed by atoms with E-state index in [0.29, 0.717) is 11.4 Å². The van der Waals surface area contributed by atoms with Crippen molar-refractivity contribution in [3.63, 3.8) is 0 Å². The first-order valence-electron chi connectivity index (χ1n) is 6.84. The van der Waals surface area contributed by atoms with E-state index in [1.54, 1.807) is 0 Å². The van der Waals surface area contributed by atoms with Gasteiger partial charge in [-0.1, -0.05) is 12.1 Å². The lowest BCUT2D eigenvalue weighted by molar-refractivity contribution is 0.736. The summed E-state index contributed by atoms with van der Waals surface area (Å²) in [5.41, 5.74) is 28.5. The summed E-state index contributed by atoms with van der Waals surface area (Å²) in [5, 5.41) is 0. The number of aryl methyl sites for hydroxylation is 2. The van der Waals surface area contributed by atoms with E-state index in [9.17, 15) is 0 Å². The van der Waals surface area contributed by atoms with Crippen molar-refractivity contribution in [2.24, 2.45) is 0 Å². The molecule has 0 aliphatic heterocycles. The monoisotopic (exact) mass is 270 g/mol. The lowest BCUT2D eigenvalue weighted by atomic mass is 10.0. The summed E-state index contributed by atoms with van der Waals surface area (Å²) >= 11 is 0. The Bertz CT molecular complexity index is 540. The van der Waals surface area contributed by atoms with E-state index in [0.717, 1.165) is 48.2 Å². The van der Waals surface area contributed by atoms with Gasteiger partial charge in [0.15, 0.2) is 0 Å². The van der Waals surface area contributed by atoms with Gasteiger partial charge in [0.1, 0.15) is 0 Å². The molecular weight excluding hydrogens is 248 g/mol. The summed E-state index contributed by atoms with van der Waals surface area (Å²) in [6.45, 7) is 0. The summed E-state index contributed by atoms with van der Waals surface area (Å²) in [6, 6.07) is 11.4. The lowest BCUT2D eigenvalue weighted by Crippen LogP contribution is -1.99. The molecule has 0 heterocycles. The maximum Gasteiger partial charge on any atom is 0.0367 e. The van der Waals surface area contributed by atoms with Gasteiger partial charge >= 0.3 is 0 Å². The largest absolute Gasteiger partial charge is 0.399 e. The lowest BCUT2D eigenvalue weighted by Gasteiger charge is -2.08. The van der Waals surface area contributed by atoms with E-state index in [-0.39, 0.29) is 0 Å². The number of hydrogen-bond acceptors (Lipinski definition) is 4. The highest BCUT2D eigenvalue weighted by molar-refractivity contribution is 5.57. The molecule has 0 fully saturated rings. The molecule has 0 aliphatic rings. The van der Waals surface area contributed by atoms with Crippen LogP contribution in [0.5, 0.6) is 0 Å². The molecule has 106 valence electrons. The minimum absolute atomic E-state index is 0.709. The number of nitrogen functional groups attached to an aromatic ring is 4. The molecule has 4 heteroatoms. The number of anilines is 4. The van der Waals surface area contributed by atoms with Crippen LogP contribution in [0.3, 0.4) is 0 Å². The third-order valence-electron chi connectivity index (χ3n) is 3.48. The topological polar surface area (TPSA) is 104 Å². The van der Waals surface area contributed by atoms with Gasteiger partial charge in [0, 0.05) is 22.7 Å². The predicted octanol–water partition coefficient (Wildman–Crippen LogP) is 2.58. The molecule has 4 nitrogen and oxygen atoms in total. The van der Waals surface area contributed by atoms with Gasteiger partial charge in [-0.3, -0.25) is 0 Å². The van der Waals surface area contributed by atoms with Crippen molar-refractivity contribution in [1.82, 2.24) is 0 Å². The fourth-order valence-corrected chi connectivity index (χ4v) is 2.31. The van der Waals surface area contributed by atoms with Crippen LogP contribution in [0, 0.1) is 0 Å². The Balaban J connectivity index is 1.84. The maximum absolute atomic E-state index is 5.94. The fraction of sp³-hybridized carbons (Fsp3) is 0.250. The molecule has 20 heavy (non-hydrogen) atoms. The minimum Gasteiger partial charge on any atom is -0.399 e. The highest BCUT2D eigenvalue weighted by Gasteiger charge is 2.02. The molecule has 0 amide bonds. The quantitative estimate of drug-likeness (QED) is 0.495. The molecule has 2 aromatic carbocycles. The zero-order valence-corrected chi connectivity index (χ0v) is 11.6. The predicted molar refractivity (Wildman–Crippen MR) is 87.2 cm³/mol. The smallest absolute Gasteiger partial charge is 0.0367 e. The van der Waals surface area contributed by atoms with Crippen molar-refractivity contribution in [2.75, 3.05) is 22.9 Å². The first kappa shape index (κ1) is 14.1. The average molecular weight is 270 g/mol. The van der Waals surface area contributed by atoms with E-state index >= 15 is 0 Å². The number of rotatable bonds is 5. The van der Waals surface area contributed by atoms with Gasteiger partial charge in [-0.25, -0.2) is 0 Å². The van der Waals surface area contributed by atoms with E-state index in [2.05, 4.69) is 0 Å². The van der Waals surface area contributed by atoms with Crippen molar-refractivity contribution >= 4 is 22.7 Å². The van der Waals surface area contributed by atoms with Crippen LogP contribution >= 0.6 is 0 Å². The number of hydrogen-bond donors (Lipinski definition) is 4. The molecule has 8 N–H and O–H groups in total. The van der Waals surface area contributed by atoms with Gasteiger partial charge in [-0.15, -0.1) is 0 Å². The van der Waals surface area contributed by atoms with Crippen LogP contribution in [0.15, 0.2) is 36.4 Å². The summed E-state index contributed by atoms with van der Waals surface area (Å²) in [5.74, 6) is 0. The molecule has 0 radical (unpaired) electrons. The van der Waals surface area contributed by atoms with Crippen LogP contribution in [0.4, 0.5) is 22.7 Å². The fourth-order valence-electron chi connectivity index (χ4n) is 2.31. The van der Waals surface area contributed by atoms with Crippen molar-refractivity contribution in [2.45, 2.75) is 25.7 Å². The highest BCUT2D eigenvalue weighted by atomic mass is 14.6. The zero-order chi connectivity index (χ0) is 14.5. The number of unbranched alkanes of at least 4 members (excludes halogenated alkanes) is 1.